The predicted molar refractivity (Wildman–Crippen MR) is 115 cm³/mol. The number of carbonyl (C=O) groups is 2. The molecule has 0 bridgehead atoms. The summed E-state index contributed by atoms with van der Waals surface area (Å²) in [6.07, 6.45) is -1.05. The van der Waals surface area contributed by atoms with Gasteiger partial charge in [-0.15, -0.1) is 0 Å². The maximum Gasteiger partial charge on any atom is 0.340 e. The van der Waals surface area contributed by atoms with Crippen LogP contribution in [0.25, 0.3) is 21.9 Å². The van der Waals surface area contributed by atoms with Crippen molar-refractivity contribution in [3.63, 3.8) is 0 Å². The van der Waals surface area contributed by atoms with E-state index in [0.29, 0.717) is 17.0 Å². The SMILES string of the molecule is COc1cc2c(cc1NC(=O)[C@@H](C)OC(=O)c1ccccc1Cl)oc1ccccc12. The molecule has 0 unspecified atom stereocenters. The molecule has 152 valence electrons. The van der Waals surface area contributed by atoms with E-state index in [9.17, 15) is 9.59 Å². The Labute approximate surface area is 177 Å². The van der Waals surface area contributed by atoms with Crippen LogP contribution in [0.15, 0.2) is 65.1 Å². The number of esters is 1. The number of methoxy groups -OCH3 is 1. The predicted octanol–water partition coefficient (Wildman–Crippen LogP) is 5.43. The average molecular weight is 424 g/mol. The van der Waals surface area contributed by atoms with Gasteiger partial charge in [-0.05, 0) is 31.2 Å². The molecule has 3 aromatic carbocycles. The summed E-state index contributed by atoms with van der Waals surface area (Å²) in [6.45, 7) is 1.48. The van der Waals surface area contributed by atoms with Crippen LogP contribution in [0.4, 0.5) is 5.69 Å². The van der Waals surface area contributed by atoms with Crippen LogP contribution in [0, 0.1) is 0 Å². The Hall–Kier alpha value is -3.51. The first kappa shape index (κ1) is 19.8. The molecule has 6 nitrogen and oxygen atoms in total. The molecule has 7 heteroatoms. The second-order valence-corrected chi connectivity index (χ2v) is 7.07. The van der Waals surface area contributed by atoms with Crippen LogP contribution in [0.2, 0.25) is 5.02 Å². The van der Waals surface area contributed by atoms with E-state index in [1.807, 2.05) is 24.3 Å². The van der Waals surface area contributed by atoms with Crippen molar-refractivity contribution in [3.05, 3.63) is 71.2 Å². The zero-order valence-corrected chi connectivity index (χ0v) is 17.0. The second kappa shape index (κ2) is 8.08. The molecule has 0 spiro atoms. The summed E-state index contributed by atoms with van der Waals surface area (Å²) >= 11 is 6.01. The van der Waals surface area contributed by atoms with Gasteiger partial charge >= 0.3 is 5.97 Å². The number of anilines is 1. The van der Waals surface area contributed by atoms with E-state index in [4.69, 9.17) is 25.5 Å². The van der Waals surface area contributed by atoms with Crippen LogP contribution in [0.5, 0.6) is 5.75 Å². The van der Waals surface area contributed by atoms with E-state index in [2.05, 4.69) is 5.32 Å². The number of furan rings is 1. The number of hydrogen-bond acceptors (Lipinski definition) is 5. The molecule has 1 N–H and O–H groups in total. The first-order chi connectivity index (χ1) is 14.5. The molecule has 0 fully saturated rings. The summed E-state index contributed by atoms with van der Waals surface area (Å²) < 4.78 is 16.6. The van der Waals surface area contributed by atoms with E-state index in [1.54, 1.807) is 30.3 Å². The molecule has 1 heterocycles. The minimum Gasteiger partial charge on any atom is -0.495 e. The number of amides is 1. The van der Waals surface area contributed by atoms with E-state index < -0.39 is 18.0 Å². The van der Waals surface area contributed by atoms with Crippen molar-refractivity contribution in [2.24, 2.45) is 0 Å². The lowest BCUT2D eigenvalue weighted by molar-refractivity contribution is -0.123. The van der Waals surface area contributed by atoms with Crippen LogP contribution >= 0.6 is 11.6 Å². The molecule has 0 aliphatic carbocycles. The van der Waals surface area contributed by atoms with Crippen LogP contribution in [0.1, 0.15) is 17.3 Å². The third kappa shape index (κ3) is 3.69. The van der Waals surface area contributed by atoms with Crippen LogP contribution in [-0.2, 0) is 9.53 Å². The Morgan fingerprint density at radius 3 is 2.50 bits per heavy atom. The summed E-state index contributed by atoms with van der Waals surface area (Å²) in [5.41, 5.74) is 1.95. The second-order valence-electron chi connectivity index (χ2n) is 6.66. The van der Waals surface area contributed by atoms with Crippen molar-refractivity contribution in [1.29, 1.82) is 0 Å². The van der Waals surface area contributed by atoms with Crippen molar-refractivity contribution in [2.75, 3.05) is 12.4 Å². The molecule has 0 aliphatic heterocycles. The van der Waals surface area contributed by atoms with E-state index in [1.165, 1.54) is 20.1 Å². The van der Waals surface area contributed by atoms with Crippen molar-refractivity contribution in [1.82, 2.24) is 0 Å². The highest BCUT2D eigenvalue weighted by atomic mass is 35.5. The molecule has 4 aromatic rings. The summed E-state index contributed by atoms with van der Waals surface area (Å²) in [6, 6.07) is 17.6. The number of carbonyl (C=O) groups excluding carboxylic acids is 2. The standard InChI is InChI=1S/C23H18ClNO5/c1-13(29-23(27)15-8-3-5-9-17(15)24)22(26)25-18-12-20-16(11-21(18)28-2)14-7-4-6-10-19(14)30-20/h3-13H,1-2H3,(H,25,26)/t13-/m1/s1. The van der Waals surface area contributed by atoms with Gasteiger partial charge in [-0.2, -0.15) is 0 Å². The third-order valence-electron chi connectivity index (χ3n) is 4.70. The quantitative estimate of drug-likeness (QED) is 0.433. The topological polar surface area (TPSA) is 77.8 Å². The number of hydrogen-bond donors (Lipinski definition) is 1. The molecule has 0 aliphatic rings. The highest BCUT2D eigenvalue weighted by Gasteiger charge is 2.22. The Morgan fingerprint density at radius 2 is 1.73 bits per heavy atom. The molecule has 0 saturated carbocycles. The smallest absolute Gasteiger partial charge is 0.340 e. The highest BCUT2D eigenvalue weighted by molar-refractivity contribution is 6.33. The lowest BCUT2D eigenvalue weighted by atomic mass is 10.1. The Morgan fingerprint density at radius 1 is 1.00 bits per heavy atom. The van der Waals surface area contributed by atoms with Crippen LogP contribution in [-0.4, -0.2) is 25.1 Å². The van der Waals surface area contributed by atoms with Crippen LogP contribution < -0.4 is 10.1 Å². The molecule has 1 amide bonds. The Kier molecular flexibility index (Phi) is 5.33. The number of halogens is 1. The van der Waals surface area contributed by atoms with Gasteiger partial charge in [-0.1, -0.05) is 41.9 Å². The highest BCUT2D eigenvalue weighted by Crippen LogP contribution is 2.36. The van der Waals surface area contributed by atoms with Gasteiger partial charge in [0.25, 0.3) is 5.91 Å². The number of para-hydroxylation sites is 1. The molecule has 4 rings (SSSR count). The minimum atomic E-state index is -1.05. The van der Waals surface area contributed by atoms with E-state index in [0.717, 1.165) is 16.4 Å². The lowest BCUT2D eigenvalue weighted by Gasteiger charge is -2.15. The maximum absolute atomic E-state index is 12.6. The minimum absolute atomic E-state index is 0.195. The van der Waals surface area contributed by atoms with Gasteiger partial charge in [-0.25, -0.2) is 4.79 Å². The average Bonchev–Trinajstić information content (AvgIpc) is 3.10. The number of benzene rings is 3. The van der Waals surface area contributed by atoms with Crippen LogP contribution in [0.3, 0.4) is 0 Å². The van der Waals surface area contributed by atoms with Crippen molar-refractivity contribution in [2.45, 2.75) is 13.0 Å². The van der Waals surface area contributed by atoms with Gasteiger partial charge in [-0.3, -0.25) is 4.79 Å². The number of nitrogens with one attached hydrogen (secondary N) is 1. The fourth-order valence-corrected chi connectivity index (χ4v) is 3.37. The first-order valence-corrected chi connectivity index (χ1v) is 9.61. The van der Waals surface area contributed by atoms with Crippen molar-refractivity contribution >= 4 is 51.1 Å². The van der Waals surface area contributed by atoms with E-state index in [-0.39, 0.29) is 10.6 Å². The largest absolute Gasteiger partial charge is 0.495 e. The van der Waals surface area contributed by atoms with Gasteiger partial charge in [0.05, 0.1) is 23.4 Å². The zero-order valence-electron chi connectivity index (χ0n) is 16.3. The number of ether oxygens (including phenoxy) is 2. The zero-order chi connectivity index (χ0) is 21.3. The van der Waals surface area contributed by atoms with E-state index >= 15 is 0 Å². The molecule has 30 heavy (non-hydrogen) atoms. The van der Waals surface area contributed by atoms with Gasteiger partial charge in [0.15, 0.2) is 6.10 Å². The Balaban J connectivity index is 1.56. The number of fused-ring (bicyclic) bond motifs is 3. The van der Waals surface area contributed by atoms with Crippen molar-refractivity contribution < 1.29 is 23.5 Å². The fourth-order valence-electron chi connectivity index (χ4n) is 3.16. The van der Waals surface area contributed by atoms with Gasteiger partial charge in [0, 0.05) is 16.8 Å². The molecular formula is C23H18ClNO5. The van der Waals surface area contributed by atoms with Gasteiger partial charge in [0.2, 0.25) is 0 Å². The summed E-state index contributed by atoms with van der Waals surface area (Å²) in [5, 5.41) is 4.82. The maximum atomic E-state index is 12.6. The van der Waals surface area contributed by atoms with Crippen molar-refractivity contribution in [3.8, 4) is 5.75 Å². The Bertz CT molecular complexity index is 1260. The molecular weight excluding hydrogens is 406 g/mol. The molecule has 0 saturated heterocycles. The fraction of sp³-hybridized carbons (Fsp3) is 0.130. The third-order valence-corrected chi connectivity index (χ3v) is 5.03. The van der Waals surface area contributed by atoms with Gasteiger partial charge < -0.3 is 19.2 Å². The molecule has 1 atom stereocenters. The molecule has 1 aromatic heterocycles. The normalized spacial score (nSPS) is 12.0. The van der Waals surface area contributed by atoms with Gasteiger partial charge in [0.1, 0.15) is 16.9 Å². The molecule has 0 radical (unpaired) electrons. The summed E-state index contributed by atoms with van der Waals surface area (Å²) in [5.74, 6) is -0.723. The lowest BCUT2D eigenvalue weighted by Crippen LogP contribution is -2.30. The first-order valence-electron chi connectivity index (χ1n) is 9.23. The summed E-state index contributed by atoms with van der Waals surface area (Å²) in [7, 11) is 1.51. The monoisotopic (exact) mass is 423 g/mol. The summed E-state index contributed by atoms with van der Waals surface area (Å²) in [4.78, 5) is 24.9. The number of rotatable bonds is 5.